The summed E-state index contributed by atoms with van der Waals surface area (Å²) in [5.74, 6) is -0.159. The summed E-state index contributed by atoms with van der Waals surface area (Å²) in [6.07, 6.45) is 0. The molecule has 1 N–H and O–H groups in total. The van der Waals surface area contributed by atoms with E-state index in [9.17, 15) is 4.79 Å². The Morgan fingerprint density at radius 3 is 2.72 bits per heavy atom. The average Bonchev–Trinajstić information content (AvgIpc) is 2.32. The fraction of sp³-hybridized carbons (Fsp3) is 0.0714. The van der Waals surface area contributed by atoms with Crippen LogP contribution in [0.5, 0.6) is 0 Å². The third-order valence-corrected chi connectivity index (χ3v) is 3.26. The van der Waals surface area contributed by atoms with Gasteiger partial charge in [-0.3, -0.25) is 4.79 Å². The van der Waals surface area contributed by atoms with Crippen LogP contribution in [-0.4, -0.2) is 5.91 Å². The Morgan fingerprint density at radius 1 is 1.22 bits per heavy atom. The number of amides is 1. The van der Waals surface area contributed by atoms with Crippen molar-refractivity contribution in [1.82, 2.24) is 0 Å². The summed E-state index contributed by atoms with van der Waals surface area (Å²) in [7, 11) is 0. The number of rotatable bonds is 2. The minimum absolute atomic E-state index is 0.159. The van der Waals surface area contributed by atoms with Crippen LogP contribution in [-0.2, 0) is 0 Å². The Bertz CT molecular complexity index is 598. The number of carbonyl (C=O) groups is 1. The number of aryl methyl sites for hydroxylation is 1. The van der Waals surface area contributed by atoms with E-state index in [4.69, 9.17) is 11.6 Å². The molecule has 0 atom stereocenters. The third-order valence-electron chi connectivity index (χ3n) is 2.53. The first-order valence-corrected chi connectivity index (χ1v) is 6.56. The first kappa shape index (κ1) is 13.1. The third kappa shape index (κ3) is 3.12. The lowest BCUT2D eigenvalue weighted by Gasteiger charge is -2.08. The van der Waals surface area contributed by atoms with Crippen LogP contribution >= 0.6 is 27.5 Å². The van der Waals surface area contributed by atoms with Crippen molar-refractivity contribution in [2.24, 2.45) is 0 Å². The largest absolute Gasteiger partial charge is 0.322 e. The predicted molar refractivity (Wildman–Crippen MR) is 78.3 cm³/mol. The van der Waals surface area contributed by atoms with Crippen molar-refractivity contribution >= 4 is 39.1 Å². The van der Waals surface area contributed by atoms with Crippen molar-refractivity contribution < 1.29 is 4.79 Å². The molecule has 4 heteroatoms. The van der Waals surface area contributed by atoms with Crippen molar-refractivity contribution in [1.29, 1.82) is 0 Å². The van der Waals surface area contributed by atoms with Gasteiger partial charge >= 0.3 is 0 Å². The summed E-state index contributed by atoms with van der Waals surface area (Å²) in [5.41, 5.74) is 2.23. The van der Waals surface area contributed by atoms with Gasteiger partial charge in [-0.15, -0.1) is 0 Å². The zero-order valence-corrected chi connectivity index (χ0v) is 12.0. The molecule has 0 saturated carbocycles. The van der Waals surface area contributed by atoms with Crippen molar-refractivity contribution in [2.75, 3.05) is 5.32 Å². The van der Waals surface area contributed by atoms with E-state index >= 15 is 0 Å². The molecule has 0 aliphatic heterocycles. The van der Waals surface area contributed by atoms with Gasteiger partial charge in [-0.2, -0.15) is 0 Å². The highest BCUT2D eigenvalue weighted by Crippen LogP contribution is 2.19. The van der Waals surface area contributed by atoms with Gasteiger partial charge in [0.2, 0.25) is 0 Å². The van der Waals surface area contributed by atoms with Crippen LogP contribution in [0.1, 0.15) is 15.9 Å². The van der Waals surface area contributed by atoms with Crippen LogP contribution in [0, 0.1) is 6.92 Å². The fourth-order valence-electron chi connectivity index (χ4n) is 1.60. The van der Waals surface area contributed by atoms with Gasteiger partial charge in [0.15, 0.2) is 0 Å². The number of hydrogen-bond acceptors (Lipinski definition) is 1. The van der Waals surface area contributed by atoms with Crippen molar-refractivity contribution in [2.45, 2.75) is 6.92 Å². The van der Waals surface area contributed by atoms with Crippen LogP contribution in [0.15, 0.2) is 46.9 Å². The second-order valence-electron chi connectivity index (χ2n) is 3.92. The molecule has 0 aromatic heterocycles. The van der Waals surface area contributed by atoms with E-state index in [-0.39, 0.29) is 5.91 Å². The normalized spacial score (nSPS) is 10.2. The summed E-state index contributed by atoms with van der Waals surface area (Å²) in [5, 5.41) is 3.40. The topological polar surface area (TPSA) is 29.1 Å². The maximum atomic E-state index is 12.1. The molecule has 2 aromatic carbocycles. The van der Waals surface area contributed by atoms with Crippen molar-refractivity contribution in [3.63, 3.8) is 0 Å². The Kier molecular flexibility index (Phi) is 4.04. The van der Waals surface area contributed by atoms with E-state index in [1.807, 2.05) is 37.3 Å². The number of halogens is 2. The van der Waals surface area contributed by atoms with Crippen molar-refractivity contribution in [3.8, 4) is 0 Å². The molecule has 0 fully saturated rings. The molecule has 92 valence electrons. The molecule has 2 nitrogen and oxygen atoms in total. The van der Waals surface area contributed by atoms with E-state index in [1.54, 1.807) is 12.1 Å². The van der Waals surface area contributed by atoms with Crippen LogP contribution in [0.25, 0.3) is 0 Å². The summed E-state index contributed by atoms with van der Waals surface area (Å²) in [4.78, 5) is 12.1. The Morgan fingerprint density at radius 2 is 2.00 bits per heavy atom. The monoisotopic (exact) mass is 323 g/mol. The lowest BCUT2D eigenvalue weighted by Crippen LogP contribution is -2.13. The fourth-order valence-corrected chi connectivity index (χ4v) is 2.17. The molecular weight excluding hydrogens is 314 g/mol. The smallest absolute Gasteiger partial charge is 0.255 e. The van der Waals surface area contributed by atoms with Gasteiger partial charge < -0.3 is 5.32 Å². The van der Waals surface area contributed by atoms with E-state index in [2.05, 4.69) is 21.2 Å². The Labute approximate surface area is 119 Å². The maximum absolute atomic E-state index is 12.1. The second-order valence-corrected chi connectivity index (χ2v) is 5.28. The van der Waals surface area contributed by atoms with E-state index in [1.165, 1.54) is 0 Å². The lowest BCUT2D eigenvalue weighted by atomic mass is 10.1. The molecular formula is C14H11BrClNO. The SMILES string of the molecule is Cc1ccc(Cl)cc1C(=O)Nc1cccc(Br)c1. The van der Waals surface area contributed by atoms with Gasteiger partial charge in [-0.05, 0) is 42.8 Å². The summed E-state index contributed by atoms with van der Waals surface area (Å²) in [6.45, 7) is 1.88. The highest BCUT2D eigenvalue weighted by Gasteiger charge is 2.09. The number of benzene rings is 2. The number of anilines is 1. The molecule has 18 heavy (non-hydrogen) atoms. The quantitative estimate of drug-likeness (QED) is 0.855. The lowest BCUT2D eigenvalue weighted by molar-refractivity contribution is 0.102. The summed E-state index contributed by atoms with van der Waals surface area (Å²) < 4.78 is 0.920. The van der Waals surface area contributed by atoms with E-state index in [0.29, 0.717) is 10.6 Å². The van der Waals surface area contributed by atoms with Crippen molar-refractivity contribution in [3.05, 3.63) is 63.1 Å². The summed E-state index contributed by atoms with van der Waals surface area (Å²) in [6, 6.07) is 12.7. The van der Waals surface area contributed by atoms with Crippen LogP contribution in [0.3, 0.4) is 0 Å². The van der Waals surface area contributed by atoms with Gasteiger partial charge in [0.05, 0.1) is 0 Å². The zero-order valence-electron chi connectivity index (χ0n) is 9.71. The first-order chi connectivity index (χ1) is 8.56. The highest BCUT2D eigenvalue weighted by molar-refractivity contribution is 9.10. The Hall–Kier alpha value is -1.32. The van der Waals surface area contributed by atoms with Gasteiger partial charge in [0, 0.05) is 20.7 Å². The molecule has 0 heterocycles. The predicted octanol–water partition coefficient (Wildman–Crippen LogP) is 4.66. The molecule has 2 aromatic rings. The Balaban J connectivity index is 2.24. The molecule has 0 aliphatic carbocycles. The zero-order chi connectivity index (χ0) is 13.1. The minimum atomic E-state index is -0.159. The van der Waals surface area contributed by atoms with Crippen LogP contribution in [0.4, 0.5) is 5.69 Å². The summed E-state index contributed by atoms with van der Waals surface area (Å²) >= 11 is 9.26. The van der Waals surface area contributed by atoms with E-state index < -0.39 is 0 Å². The first-order valence-electron chi connectivity index (χ1n) is 5.39. The molecule has 2 rings (SSSR count). The maximum Gasteiger partial charge on any atom is 0.255 e. The highest BCUT2D eigenvalue weighted by atomic mass is 79.9. The van der Waals surface area contributed by atoms with Crippen LogP contribution < -0.4 is 5.32 Å². The molecule has 0 unspecified atom stereocenters. The molecule has 0 radical (unpaired) electrons. The van der Waals surface area contributed by atoms with Crippen LogP contribution in [0.2, 0.25) is 5.02 Å². The van der Waals surface area contributed by atoms with Gasteiger partial charge in [0.1, 0.15) is 0 Å². The standard InChI is InChI=1S/C14H11BrClNO/c1-9-5-6-11(16)8-13(9)14(18)17-12-4-2-3-10(15)7-12/h2-8H,1H3,(H,17,18). The van der Waals surface area contributed by atoms with E-state index in [0.717, 1.165) is 15.7 Å². The van der Waals surface area contributed by atoms with Gasteiger partial charge in [-0.1, -0.05) is 39.7 Å². The van der Waals surface area contributed by atoms with Gasteiger partial charge in [-0.25, -0.2) is 0 Å². The molecule has 0 spiro atoms. The second kappa shape index (κ2) is 5.55. The molecule has 0 bridgehead atoms. The number of nitrogens with one attached hydrogen (secondary N) is 1. The average molecular weight is 325 g/mol. The molecule has 0 saturated heterocycles. The number of carbonyl (C=O) groups excluding carboxylic acids is 1. The molecule has 1 amide bonds. The molecule has 0 aliphatic rings. The number of hydrogen-bond donors (Lipinski definition) is 1. The van der Waals surface area contributed by atoms with Gasteiger partial charge in [0.25, 0.3) is 5.91 Å². The minimum Gasteiger partial charge on any atom is -0.322 e.